The van der Waals surface area contributed by atoms with E-state index in [-0.39, 0.29) is 0 Å². The molecule has 4 rings (SSSR count). The first-order valence-corrected chi connectivity index (χ1v) is 7.67. The van der Waals surface area contributed by atoms with Gasteiger partial charge in [0.25, 0.3) is 0 Å². The van der Waals surface area contributed by atoms with Crippen molar-refractivity contribution in [3.05, 3.63) is 53.3 Å². The topological polar surface area (TPSA) is 70.7 Å². The maximum atomic E-state index is 8.43. The van der Waals surface area contributed by atoms with Crippen LogP contribution in [0.1, 0.15) is 23.2 Å². The molecule has 0 atom stereocenters. The molecule has 0 unspecified atom stereocenters. The summed E-state index contributed by atoms with van der Waals surface area (Å²) in [5, 5.41) is 14.8. The van der Waals surface area contributed by atoms with Crippen molar-refractivity contribution in [1.29, 1.82) is 5.26 Å². The van der Waals surface area contributed by atoms with E-state index in [2.05, 4.69) is 10.1 Å². The van der Waals surface area contributed by atoms with Gasteiger partial charge < -0.3 is 9.47 Å². The molecule has 3 heterocycles. The van der Waals surface area contributed by atoms with Crippen molar-refractivity contribution < 1.29 is 9.47 Å². The second kappa shape index (κ2) is 7.01. The number of hydrogen-bond donors (Lipinski definition) is 0. The SMILES string of the molecule is CN1CCC(c2ccc3c(c2)OCO3)=N1.Cc1ncccc1C#N. The van der Waals surface area contributed by atoms with Crippen LogP contribution >= 0.6 is 0 Å². The van der Waals surface area contributed by atoms with E-state index in [4.69, 9.17) is 14.7 Å². The highest BCUT2D eigenvalue weighted by molar-refractivity contribution is 6.01. The molecule has 0 saturated carbocycles. The van der Waals surface area contributed by atoms with Crippen molar-refractivity contribution in [1.82, 2.24) is 9.99 Å². The first-order chi connectivity index (χ1) is 11.7. The van der Waals surface area contributed by atoms with E-state index in [1.807, 2.05) is 43.2 Å². The van der Waals surface area contributed by atoms with E-state index in [0.717, 1.165) is 41.4 Å². The van der Waals surface area contributed by atoms with Crippen molar-refractivity contribution in [2.24, 2.45) is 5.10 Å². The summed E-state index contributed by atoms with van der Waals surface area (Å²) in [6, 6.07) is 11.5. The number of rotatable bonds is 1. The number of hydrazone groups is 1. The summed E-state index contributed by atoms with van der Waals surface area (Å²) in [6.07, 6.45) is 2.67. The Morgan fingerprint density at radius 3 is 2.71 bits per heavy atom. The monoisotopic (exact) mass is 322 g/mol. The highest BCUT2D eigenvalue weighted by Crippen LogP contribution is 2.33. The Kier molecular flexibility index (Phi) is 4.62. The second-order valence-electron chi connectivity index (χ2n) is 5.49. The highest BCUT2D eigenvalue weighted by Gasteiger charge is 2.18. The third-order valence-corrected chi connectivity index (χ3v) is 3.80. The summed E-state index contributed by atoms with van der Waals surface area (Å²) in [5.74, 6) is 1.65. The zero-order chi connectivity index (χ0) is 16.9. The van der Waals surface area contributed by atoms with Gasteiger partial charge in [-0.2, -0.15) is 10.4 Å². The average molecular weight is 322 g/mol. The quantitative estimate of drug-likeness (QED) is 0.807. The lowest BCUT2D eigenvalue weighted by Gasteiger charge is -2.02. The Balaban J connectivity index is 0.000000162. The summed E-state index contributed by atoms with van der Waals surface area (Å²) in [7, 11) is 1.99. The standard InChI is InChI=1S/C11H12N2O2.C7H6N2/c1-13-5-4-9(12-13)8-2-3-10-11(6-8)15-7-14-10;1-6-7(5-8)3-2-4-9-6/h2-3,6H,4-5,7H2,1H3;2-4H,1H3. The molecule has 0 saturated heterocycles. The Morgan fingerprint density at radius 1 is 1.21 bits per heavy atom. The molecule has 0 aliphatic carbocycles. The zero-order valence-electron chi connectivity index (χ0n) is 13.7. The van der Waals surface area contributed by atoms with Crippen LogP contribution in [0.15, 0.2) is 41.6 Å². The van der Waals surface area contributed by atoms with Gasteiger partial charge in [0.1, 0.15) is 6.07 Å². The number of nitrogens with zero attached hydrogens (tertiary/aromatic N) is 4. The number of aromatic nitrogens is 1. The molecule has 0 radical (unpaired) electrons. The number of benzene rings is 1. The molecule has 0 bridgehead atoms. The smallest absolute Gasteiger partial charge is 0.231 e. The molecule has 1 aromatic carbocycles. The van der Waals surface area contributed by atoms with Crippen LogP contribution in [-0.2, 0) is 0 Å². The third kappa shape index (κ3) is 3.46. The average Bonchev–Trinajstić information content (AvgIpc) is 3.24. The third-order valence-electron chi connectivity index (χ3n) is 3.80. The molecule has 2 aliphatic heterocycles. The summed E-state index contributed by atoms with van der Waals surface area (Å²) in [6.45, 7) is 3.13. The van der Waals surface area contributed by atoms with Crippen LogP contribution in [0, 0.1) is 18.3 Å². The van der Waals surface area contributed by atoms with Gasteiger partial charge in [-0.3, -0.25) is 9.99 Å². The maximum absolute atomic E-state index is 8.43. The molecule has 122 valence electrons. The number of fused-ring (bicyclic) bond motifs is 1. The van der Waals surface area contributed by atoms with E-state index in [0.29, 0.717) is 12.4 Å². The molecule has 0 N–H and O–H groups in total. The number of aryl methyl sites for hydroxylation is 1. The fraction of sp³-hybridized carbons (Fsp3) is 0.278. The van der Waals surface area contributed by atoms with Gasteiger partial charge in [-0.05, 0) is 37.3 Å². The first-order valence-electron chi connectivity index (χ1n) is 7.67. The van der Waals surface area contributed by atoms with Crippen molar-refractivity contribution in [3.63, 3.8) is 0 Å². The molecule has 0 amide bonds. The fourth-order valence-corrected chi connectivity index (χ4v) is 2.45. The van der Waals surface area contributed by atoms with E-state index in [9.17, 15) is 0 Å². The van der Waals surface area contributed by atoms with Crippen LogP contribution in [0.4, 0.5) is 0 Å². The van der Waals surface area contributed by atoms with Gasteiger partial charge in [0.15, 0.2) is 11.5 Å². The maximum Gasteiger partial charge on any atom is 0.231 e. The van der Waals surface area contributed by atoms with Crippen molar-refractivity contribution >= 4 is 5.71 Å². The molecule has 2 aromatic rings. The van der Waals surface area contributed by atoms with Crippen LogP contribution in [0.5, 0.6) is 11.5 Å². The largest absolute Gasteiger partial charge is 0.454 e. The fourth-order valence-electron chi connectivity index (χ4n) is 2.45. The Bertz CT molecular complexity index is 811. The van der Waals surface area contributed by atoms with Gasteiger partial charge >= 0.3 is 0 Å². The van der Waals surface area contributed by atoms with Crippen LogP contribution < -0.4 is 9.47 Å². The lowest BCUT2D eigenvalue weighted by Crippen LogP contribution is -2.04. The number of pyridine rings is 1. The van der Waals surface area contributed by atoms with Crippen LogP contribution in [0.2, 0.25) is 0 Å². The van der Waals surface area contributed by atoms with Gasteiger partial charge in [0, 0.05) is 31.8 Å². The molecule has 24 heavy (non-hydrogen) atoms. The zero-order valence-corrected chi connectivity index (χ0v) is 13.7. The van der Waals surface area contributed by atoms with Gasteiger partial charge in [0.2, 0.25) is 6.79 Å². The first kappa shape index (κ1) is 15.8. The van der Waals surface area contributed by atoms with Crippen molar-refractivity contribution in [2.45, 2.75) is 13.3 Å². The van der Waals surface area contributed by atoms with Crippen LogP contribution in [0.3, 0.4) is 0 Å². The molecule has 0 spiro atoms. The predicted molar refractivity (Wildman–Crippen MR) is 90.0 cm³/mol. The second-order valence-corrected chi connectivity index (χ2v) is 5.49. The van der Waals surface area contributed by atoms with Gasteiger partial charge in [0.05, 0.1) is 17.0 Å². The minimum absolute atomic E-state index is 0.325. The molecular formula is C18H18N4O2. The van der Waals surface area contributed by atoms with Gasteiger partial charge in [-0.25, -0.2) is 0 Å². The number of ether oxygens (including phenoxy) is 2. The summed E-state index contributed by atoms with van der Waals surface area (Å²) >= 11 is 0. The van der Waals surface area contributed by atoms with Crippen molar-refractivity contribution in [3.8, 4) is 17.6 Å². The van der Waals surface area contributed by atoms with Crippen molar-refractivity contribution in [2.75, 3.05) is 20.4 Å². The lowest BCUT2D eigenvalue weighted by atomic mass is 10.1. The minimum atomic E-state index is 0.325. The normalized spacial score (nSPS) is 14.5. The molecule has 0 fully saturated rings. The molecule has 6 heteroatoms. The summed E-state index contributed by atoms with van der Waals surface area (Å²) < 4.78 is 10.6. The molecule has 1 aromatic heterocycles. The highest BCUT2D eigenvalue weighted by atomic mass is 16.7. The molecule has 2 aliphatic rings. The Morgan fingerprint density at radius 2 is 2.04 bits per heavy atom. The Hall–Kier alpha value is -3.07. The number of hydrogen-bond acceptors (Lipinski definition) is 6. The summed E-state index contributed by atoms with van der Waals surface area (Å²) in [5.41, 5.74) is 3.69. The number of nitriles is 1. The van der Waals surface area contributed by atoms with E-state index < -0.39 is 0 Å². The molecular weight excluding hydrogens is 304 g/mol. The molecule has 6 nitrogen and oxygen atoms in total. The van der Waals surface area contributed by atoms with E-state index in [1.165, 1.54) is 0 Å². The predicted octanol–water partition coefficient (Wildman–Crippen LogP) is 2.72. The van der Waals surface area contributed by atoms with Crippen LogP contribution in [-0.4, -0.2) is 36.1 Å². The minimum Gasteiger partial charge on any atom is -0.454 e. The van der Waals surface area contributed by atoms with E-state index in [1.54, 1.807) is 18.3 Å². The van der Waals surface area contributed by atoms with Gasteiger partial charge in [-0.1, -0.05) is 0 Å². The van der Waals surface area contributed by atoms with Gasteiger partial charge in [-0.15, -0.1) is 0 Å². The van der Waals surface area contributed by atoms with E-state index >= 15 is 0 Å². The Labute approximate surface area is 141 Å². The van der Waals surface area contributed by atoms with Crippen LogP contribution in [0.25, 0.3) is 0 Å². The summed E-state index contributed by atoms with van der Waals surface area (Å²) in [4.78, 5) is 3.93. The lowest BCUT2D eigenvalue weighted by molar-refractivity contribution is 0.174.